The summed E-state index contributed by atoms with van der Waals surface area (Å²) in [7, 11) is 0. The average Bonchev–Trinajstić information content (AvgIpc) is 3.46. The predicted octanol–water partition coefficient (Wildman–Crippen LogP) is 4.48. The Balaban J connectivity index is 1.45. The van der Waals surface area contributed by atoms with Crippen molar-refractivity contribution in [3.8, 4) is 10.6 Å². The van der Waals surface area contributed by atoms with E-state index in [1.807, 2.05) is 17.2 Å². The molecule has 0 spiro atoms. The van der Waals surface area contributed by atoms with Crippen molar-refractivity contribution in [2.24, 2.45) is 0 Å². The maximum Gasteiger partial charge on any atom is 0.266 e. The predicted molar refractivity (Wildman–Crippen MR) is 111 cm³/mol. The van der Waals surface area contributed by atoms with Gasteiger partial charge in [-0.3, -0.25) is 4.79 Å². The molecule has 0 aromatic carbocycles. The molecule has 0 bridgehead atoms. The van der Waals surface area contributed by atoms with E-state index in [0.29, 0.717) is 0 Å². The van der Waals surface area contributed by atoms with Crippen molar-refractivity contribution >= 4 is 28.6 Å². The molecule has 1 atom stereocenters. The standard InChI is InChI=1S/C20H23N5OS2/c1-13-17(28-19(21-13)14-8-11-27-12-14)20(26)24-10-5-6-15(24)18-23-22-16-7-3-2-4-9-25(16)18/h8,11-12,15H,2-7,9-10H2,1H3/t15-/m1/s1. The third kappa shape index (κ3) is 3.08. The summed E-state index contributed by atoms with van der Waals surface area (Å²) in [5.74, 6) is 2.15. The number of fused-ring (bicyclic) bond motifs is 1. The van der Waals surface area contributed by atoms with Crippen LogP contribution >= 0.6 is 22.7 Å². The van der Waals surface area contributed by atoms with Crippen molar-refractivity contribution in [1.82, 2.24) is 24.6 Å². The Bertz CT molecular complexity index is 991. The molecule has 1 saturated heterocycles. The Kier molecular flexibility index (Phi) is 4.76. The number of amides is 1. The highest BCUT2D eigenvalue weighted by molar-refractivity contribution is 7.17. The van der Waals surface area contributed by atoms with Crippen LogP contribution < -0.4 is 0 Å². The van der Waals surface area contributed by atoms with Crippen LogP contribution in [0.25, 0.3) is 10.6 Å². The fourth-order valence-corrected chi connectivity index (χ4v) is 6.00. The molecule has 2 aliphatic rings. The maximum absolute atomic E-state index is 13.4. The number of rotatable bonds is 3. The van der Waals surface area contributed by atoms with Gasteiger partial charge in [0.05, 0.1) is 11.7 Å². The molecule has 8 heteroatoms. The van der Waals surface area contributed by atoms with Gasteiger partial charge in [-0.1, -0.05) is 6.42 Å². The molecule has 5 heterocycles. The summed E-state index contributed by atoms with van der Waals surface area (Å²) in [4.78, 5) is 20.8. The fourth-order valence-electron chi connectivity index (χ4n) is 4.27. The monoisotopic (exact) mass is 413 g/mol. The molecule has 0 radical (unpaired) electrons. The second-order valence-corrected chi connectivity index (χ2v) is 9.32. The van der Waals surface area contributed by atoms with E-state index in [1.165, 1.54) is 24.2 Å². The Morgan fingerprint density at radius 1 is 1.18 bits per heavy atom. The molecule has 146 valence electrons. The van der Waals surface area contributed by atoms with Gasteiger partial charge in [0, 0.05) is 30.5 Å². The van der Waals surface area contributed by atoms with Gasteiger partial charge in [0.15, 0.2) is 5.82 Å². The summed E-state index contributed by atoms with van der Waals surface area (Å²) in [6.07, 6.45) is 6.54. The molecule has 1 fully saturated rings. The van der Waals surface area contributed by atoms with Crippen molar-refractivity contribution in [1.29, 1.82) is 0 Å². The normalized spacial score (nSPS) is 19.6. The van der Waals surface area contributed by atoms with E-state index >= 15 is 0 Å². The van der Waals surface area contributed by atoms with Crippen LogP contribution in [0.5, 0.6) is 0 Å². The Labute approximate surface area is 172 Å². The smallest absolute Gasteiger partial charge is 0.266 e. The van der Waals surface area contributed by atoms with Crippen LogP contribution in [-0.4, -0.2) is 37.1 Å². The Morgan fingerprint density at radius 3 is 2.96 bits per heavy atom. The second kappa shape index (κ2) is 7.40. The van der Waals surface area contributed by atoms with Crippen molar-refractivity contribution in [3.05, 3.63) is 39.0 Å². The molecule has 0 unspecified atom stereocenters. The van der Waals surface area contributed by atoms with Crippen LogP contribution in [0.2, 0.25) is 0 Å². The summed E-state index contributed by atoms with van der Waals surface area (Å²) < 4.78 is 2.28. The number of likely N-dealkylation sites (tertiary alicyclic amines) is 1. The summed E-state index contributed by atoms with van der Waals surface area (Å²) in [6.45, 7) is 3.68. The molecule has 0 aliphatic carbocycles. The highest BCUT2D eigenvalue weighted by atomic mass is 32.1. The van der Waals surface area contributed by atoms with Crippen LogP contribution in [0.15, 0.2) is 16.8 Å². The molecule has 6 nitrogen and oxygen atoms in total. The Morgan fingerprint density at radius 2 is 2.11 bits per heavy atom. The summed E-state index contributed by atoms with van der Waals surface area (Å²) in [5, 5.41) is 14.0. The molecular weight excluding hydrogens is 390 g/mol. The largest absolute Gasteiger partial charge is 0.328 e. The van der Waals surface area contributed by atoms with Gasteiger partial charge >= 0.3 is 0 Å². The number of hydrogen-bond acceptors (Lipinski definition) is 6. The van der Waals surface area contributed by atoms with Gasteiger partial charge in [0.1, 0.15) is 15.7 Å². The van der Waals surface area contributed by atoms with Crippen molar-refractivity contribution < 1.29 is 4.79 Å². The first kappa shape index (κ1) is 18.0. The van der Waals surface area contributed by atoms with Gasteiger partial charge < -0.3 is 9.47 Å². The highest BCUT2D eigenvalue weighted by Crippen LogP contribution is 2.36. The zero-order valence-corrected chi connectivity index (χ0v) is 17.6. The second-order valence-electron chi connectivity index (χ2n) is 7.54. The van der Waals surface area contributed by atoms with Gasteiger partial charge in [-0.25, -0.2) is 4.98 Å². The van der Waals surface area contributed by atoms with Crippen molar-refractivity contribution in [3.63, 3.8) is 0 Å². The average molecular weight is 414 g/mol. The minimum absolute atomic E-state index is 0.0259. The van der Waals surface area contributed by atoms with E-state index in [4.69, 9.17) is 0 Å². The number of hydrogen-bond donors (Lipinski definition) is 0. The minimum Gasteiger partial charge on any atom is -0.328 e. The van der Waals surface area contributed by atoms with E-state index in [9.17, 15) is 4.79 Å². The molecule has 0 saturated carbocycles. The number of carbonyl (C=O) groups excluding carboxylic acids is 1. The molecule has 3 aromatic heterocycles. The summed E-state index contributed by atoms with van der Waals surface area (Å²) >= 11 is 3.16. The lowest BCUT2D eigenvalue weighted by molar-refractivity contribution is 0.0731. The van der Waals surface area contributed by atoms with Crippen LogP contribution in [-0.2, 0) is 13.0 Å². The first-order valence-corrected chi connectivity index (χ1v) is 11.7. The number of thiazole rings is 1. The fraction of sp³-hybridized carbons (Fsp3) is 0.500. The topological polar surface area (TPSA) is 63.9 Å². The van der Waals surface area contributed by atoms with E-state index in [2.05, 4.69) is 31.2 Å². The molecular formula is C20H23N5OS2. The zero-order chi connectivity index (χ0) is 19.1. The molecule has 3 aromatic rings. The zero-order valence-electron chi connectivity index (χ0n) is 15.9. The molecule has 1 amide bonds. The van der Waals surface area contributed by atoms with Crippen LogP contribution in [0.3, 0.4) is 0 Å². The van der Waals surface area contributed by atoms with E-state index < -0.39 is 0 Å². The first-order valence-electron chi connectivity index (χ1n) is 9.95. The lowest BCUT2D eigenvalue weighted by Crippen LogP contribution is -2.32. The lowest BCUT2D eigenvalue weighted by Gasteiger charge is -2.24. The van der Waals surface area contributed by atoms with Crippen molar-refractivity contribution in [2.45, 2.75) is 58.0 Å². The summed E-state index contributed by atoms with van der Waals surface area (Å²) in [6, 6.07) is 2.08. The quantitative estimate of drug-likeness (QED) is 0.635. The van der Waals surface area contributed by atoms with E-state index in [-0.39, 0.29) is 11.9 Å². The maximum atomic E-state index is 13.4. The molecule has 2 aliphatic heterocycles. The van der Waals surface area contributed by atoms with Gasteiger partial charge in [-0.05, 0) is 44.1 Å². The van der Waals surface area contributed by atoms with Crippen molar-refractivity contribution in [2.75, 3.05) is 6.54 Å². The lowest BCUT2D eigenvalue weighted by atomic mass is 10.2. The number of nitrogens with zero attached hydrogens (tertiary/aromatic N) is 5. The van der Waals surface area contributed by atoms with Crippen LogP contribution in [0.4, 0.5) is 0 Å². The third-order valence-electron chi connectivity index (χ3n) is 5.71. The highest BCUT2D eigenvalue weighted by Gasteiger charge is 2.36. The van der Waals surface area contributed by atoms with Gasteiger partial charge in [-0.15, -0.1) is 21.5 Å². The Hall–Kier alpha value is -2.06. The van der Waals surface area contributed by atoms with Gasteiger partial charge in [0.2, 0.25) is 0 Å². The third-order valence-corrected chi connectivity index (χ3v) is 7.59. The number of aryl methyl sites for hydroxylation is 2. The number of carbonyl (C=O) groups is 1. The van der Waals surface area contributed by atoms with E-state index in [1.54, 1.807) is 11.3 Å². The molecule has 0 N–H and O–H groups in total. The van der Waals surface area contributed by atoms with E-state index in [0.717, 1.165) is 71.6 Å². The minimum atomic E-state index is 0.0259. The first-order chi connectivity index (χ1) is 13.7. The molecule has 28 heavy (non-hydrogen) atoms. The van der Waals surface area contributed by atoms with Crippen LogP contribution in [0, 0.1) is 6.92 Å². The van der Waals surface area contributed by atoms with Gasteiger partial charge in [-0.2, -0.15) is 11.3 Å². The summed E-state index contributed by atoms with van der Waals surface area (Å²) in [5.41, 5.74) is 1.92. The van der Waals surface area contributed by atoms with Crippen LogP contribution in [0.1, 0.15) is 65.2 Å². The number of aromatic nitrogens is 4. The SMILES string of the molecule is Cc1nc(-c2ccsc2)sc1C(=O)N1CCC[C@@H]1c1nnc2n1CCCCC2. The molecule has 5 rings (SSSR count). The van der Waals surface area contributed by atoms with Gasteiger partial charge in [0.25, 0.3) is 5.91 Å². The number of thiophene rings is 1.